The summed E-state index contributed by atoms with van der Waals surface area (Å²) in [4.78, 5) is 4.05. The predicted molar refractivity (Wildman–Crippen MR) is 40.7 cm³/mol. The quantitative estimate of drug-likeness (QED) is 0.570. The van der Waals surface area contributed by atoms with E-state index in [4.69, 9.17) is 5.73 Å². The minimum absolute atomic E-state index is 0.609. The molecule has 56 valence electrons. The number of nitrogen functional groups attached to an aromatic ring is 1. The molecule has 2 aromatic heterocycles. The fourth-order valence-electron chi connectivity index (χ4n) is 0.942. The van der Waals surface area contributed by atoms with E-state index in [1.165, 1.54) is 0 Å². The molecule has 0 unspecified atom stereocenters. The summed E-state index contributed by atoms with van der Waals surface area (Å²) < 4.78 is 1.61. The van der Waals surface area contributed by atoms with Crippen LogP contribution in [0.4, 0.5) is 5.69 Å². The second-order valence-corrected chi connectivity index (χ2v) is 2.32. The van der Waals surface area contributed by atoms with E-state index in [-0.39, 0.29) is 0 Å². The van der Waals surface area contributed by atoms with Crippen molar-refractivity contribution in [1.29, 1.82) is 0 Å². The lowest BCUT2D eigenvalue weighted by Crippen LogP contribution is -1.92. The molecule has 0 fully saturated rings. The first kappa shape index (κ1) is 6.09. The Morgan fingerprint density at radius 3 is 3.18 bits per heavy atom. The van der Waals surface area contributed by atoms with E-state index >= 15 is 0 Å². The highest BCUT2D eigenvalue weighted by Crippen LogP contribution is 2.09. The van der Waals surface area contributed by atoms with Crippen molar-refractivity contribution in [1.82, 2.24) is 20.0 Å². The summed E-state index contributed by atoms with van der Waals surface area (Å²) in [5, 5.41) is 7.64. The van der Waals surface area contributed by atoms with E-state index in [2.05, 4.69) is 15.3 Å². The smallest absolute Gasteiger partial charge is 0.178 e. The van der Waals surface area contributed by atoms with Crippen LogP contribution in [0.1, 0.15) is 0 Å². The summed E-state index contributed by atoms with van der Waals surface area (Å²) >= 11 is 0. The van der Waals surface area contributed by atoms with Crippen molar-refractivity contribution in [2.75, 3.05) is 5.73 Å². The monoisotopic (exact) mass is 149 g/mol. The van der Waals surface area contributed by atoms with Gasteiger partial charge in [0, 0.05) is 7.05 Å². The van der Waals surface area contributed by atoms with Gasteiger partial charge in [-0.3, -0.25) is 0 Å². The highest BCUT2D eigenvalue weighted by Gasteiger charge is 2.00. The molecule has 5 heteroatoms. The molecule has 0 bridgehead atoms. The lowest BCUT2D eigenvalue weighted by atomic mass is 10.4. The zero-order valence-corrected chi connectivity index (χ0v) is 6.02. The molecule has 5 nitrogen and oxygen atoms in total. The minimum atomic E-state index is 0.609. The van der Waals surface area contributed by atoms with Crippen molar-refractivity contribution in [2.45, 2.75) is 0 Å². The number of rotatable bonds is 0. The maximum absolute atomic E-state index is 5.49. The third kappa shape index (κ3) is 0.813. The molecule has 0 aliphatic carbocycles. The van der Waals surface area contributed by atoms with Crippen LogP contribution in [0.2, 0.25) is 0 Å². The zero-order valence-electron chi connectivity index (χ0n) is 6.02. The summed E-state index contributed by atoms with van der Waals surface area (Å²) in [5.74, 6) is 0. The Bertz CT molecular complexity index is 391. The molecule has 11 heavy (non-hydrogen) atoms. The Kier molecular flexibility index (Phi) is 1.06. The van der Waals surface area contributed by atoms with Gasteiger partial charge in [0.25, 0.3) is 0 Å². The maximum atomic E-state index is 5.49. The largest absolute Gasteiger partial charge is 0.397 e. The standard InChI is InChI=1S/C6H7N5/c1-11-6-5(9-10-11)2-4(7)3-8-6/h2-3H,7H2,1H3. The van der Waals surface area contributed by atoms with Gasteiger partial charge >= 0.3 is 0 Å². The van der Waals surface area contributed by atoms with E-state index in [1.54, 1.807) is 24.0 Å². The highest BCUT2D eigenvalue weighted by atomic mass is 15.4. The number of fused-ring (bicyclic) bond motifs is 1. The average molecular weight is 149 g/mol. The van der Waals surface area contributed by atoms with Crippen LogP contribution >= 0.6 is 0 Å². The second kappa shape index (κ2) is 1.91. The van der Waals surface area contributed by atoms with Gasteiger partial charge in [-0.25, -0.2) is 9.67 Å². The number of aryl methyl sites for hydroxylation is 1. The molecule has 0 aromatic carbocycles. The summed E-state index contributed by atoms with van der Waals surface area (Å²) in [7, 11) is 1.79. The lowest BCUT2D eigenvalue weighted by Gasteiger charge is -1.91. The fraction of sp³-hybridized carbons (Fsp3) is 0.167. The number of aromatic nitrogens is 4. The predicted octanol–water partition coefficient (Wildman–Crippen LogP) is -0.0545. The number of pyridine rings is 1. The molecule has 2 aromatic rings. The lowest BCUT2D eigenvalue weighted by molar-refractivity contribution is 0.730. The molecule has 2 N–H and O–H groups in total. The molecule has 2 rings (SSSR count). The number of nitrogens with zero attached hydrogens (tertiary/aromatic N) is 4. The fourth-order valence-corrected chi connectivity index (χ4v) is 0.942. The zero-order chi connectivity index (χ0) is 7.84. The van der Waals surface area contributed by atoms with Crippen LogP contribution in [0.5, 0.6) is 0 Å². The van der Waals surface area contributed by atoms with Crippen molar-refractivity contribution < 1.29 is 0 Å². The molecule has 0 saturated carbocycles. The average Bonchev–Trinajstić information content (AvgIpc) is 2.32. The van der Waals surface area contributed by atoms with Crippen molar-refractivity contribution in [3.63, 3.8) is 0 Å². The maximum Gasteiger partial charge on any atom is 0.178 e. The third-order valence-electron chi connectivity index (χ3n) is 1.46. The Hall–Kier alpha value is -1.65. The van der Waals surface area contributed by atoms with Crippen molar-refractivity contribution in [3.05, 3.63) is 12.3 Å². The number of anilines is 1. The van der Waals surface area contributed by atoms with Crippen molar-refractivity contribution in [3.8, 4) is 0 Å². The summed E-state index contributed by atoms with van der Waals surface area (Å²) in [6, 6.07) is 1.75. The first-order valence-electron chi connectivity index (χ1n) is 3.18. The Morgan fingerprint density at radius 1 is 1.55 bits per heavy atom. The molecule has 0 radical (unpaired) electrons. The van der Waals surface area contributed by atoms with E-state index in [0.717, 1.165) is 11.2 Å². The van der Waals surface area contributed by atoms with Gasteiger partial charge in [0.05, 0.1) is 11.9 Å². The van der Waals surface area contributed by atoms with Crippen LogP contribution < -0.4 is 5.73 Å². The molecular weight excluding hydrogens is 142 g/mol. The summed E-state index contributed by atoms with van der Waals surface area (Å²) in [6.07, 6.45) is 1.59. The molecule has 2 heterocycles. The molecule has 0 amide bonds. The molecule has 0 spiro atoms. The Morgan fingerprint density at radius 2 is 2.36 bits per heavy atom. The topological polar surface area (TPSA) is 69.6 Å². The molecular formula is C6H7N5. The van der Waals surface area contributed by atoms with Gasteiger partial charge in [-0.05, 0) is 6.07 Å². The Labute approximate surface area is 62.8 Å². The van der Waals surface area contributed by atoms with Crippen LogP contribution in [0.3, 0.4) is 0 Å². The molecule has 0 aliphatic heterocycles. The minimum Gasteiger partial charge on any atom is -0.397 e. The summed E-state index contributed by atoms with van der Waals surface area (Å²) in [5.41, 5.74) is 7.58. The number of hydrogen-bond acceptors (Lipinski definition) is 4. The van der Waals surface area contributed by atoms with E-state index in [9.17, 15) is 0 Å². The number of hydrogen-bond donors (Lipinski definition) is 1. The van der Waals surface area contributed by atoms with Crippen molar-refractivity contribution in [2.24, 2.45) is 7.05 Å². The van der Waals surface area contributed by atoms with Crippen LogP contribution in [-0.4, -0.2) is 20.0 Å². The molecule has 0 atom stereocenters. The van der Waals surface area contributed by atoms with Gasteiger partial charge < -0.3 is 5.73 Å². The third-order valence-corrected chi connectivity index (χ3v) is 1.46. The van der Waals surface area contributed by atoms with Crippen LogP contribution in [-0.2, 0) is 7.05 Å². The summed E-state index contributed by atoms with van der Waals surface area (Å²) in [6.45, 7) is 0. The first-order chi connectivity index (χ1) is 5.27. The van der Waals surface area contributed by atoms with E-state index < -0.39 is 0 Å². The van der Waals surface area contributed by atoms with Crippen molar-refractivity contribution >= 4 is 16.9 Å². The molecule has 0 saturated heterocycles. The number of nitrogens with two attached hydrogens (primary N) is 1. The first-order valence-corrected chi connectivity index (χ1v) is 3.18. The van der Waals surface area contributed by atoms with Crippen LogP contribution in [0, 0.1) is 0 Å². The van der Waals surface area contributed by atoms with Gasteiger partial charge in [0.15, 0.2) is 5.65 Å². The van der Waals surface area contributed by atoms with Crippen LogP contribution in [0.15, 0.2) is 12.3 Å². The van der Waals surface area contributed by atoms with Gasteiger partial charge in [-0.15, -0.1) is 5.10 Å². The van der Waals surface area contributed by atoms with Gasteiger partial charge in [-0.1, -0.05) is 5.21 Å². The normalized spacial score (nSPS) is 10.6. The van der Waals surface area contributed by atoms with Gasteiger partial charge in [0.2, 0.25) is 0 Å². The van der Waals surface area contributed by atoms with Gasteiger partial charge in [0.1, 0.15) is 5.52 Å². The van der Waals surface area contributed by atoms with E-state index in [1.807, 2.05) is 0 Å². The van der Waals surface area contributed by atoms with Gasteiger partial charge in [-0.2, -0.15) is 0 Å². The highest BCUT2D eigenvalue weighted by molar-refractivity contribution is 5.72. The van der Waals surface area contributed by atoms with Crippen LogP contribution in [0.25, 0.3) is 11.2 Å². The Balaban J connectivity index is 2.86. The van der Waals surface area contributed by atoms with E-state index in [0.29, 0.717) is 5.69 Å². The second-order valence-electron chi connectivity index (χ2n) is 2.32. The SMILES string of the molecule is Cn1nnc2cc(N)cnc21. The molecule has 0 aliphatic rings.